The number of sulfonamides is 1. The highest BCUT2D eigenvalue weighted by Gasteiger charge is 2.28. The summed E-state index contributed by atoms with van der Waals surface area (Å²) < 4.78 is 22.4. The first kappa shape index (κ1) is 14.3. The second kappa shape index (κ2) is 5.11. The molecule has 0 aliphatic carbocycles. The highest BCUT2D eigenvalue weighted by molar-refractivity contribution is 7.89. The maximum absolute atomic E-state index is 11.2. The number of hydrogen-bond donors (Lipinski definition) is 2. The number of hydrogen-bond acceptors (Lipinski definition) is 4. The molecule has 1 aromatic carbocycles. The monoisotopic (exact) mass is 283 g/mol. The molecule has 0 aromatic heterocycles. The van der Waals surface area contributed by atoms with Gasteiger partial charge in [0.25, 0.3) is 0 Å². The number of anilines is 1. The lowest BCUT2D eigenvalue weighted by atomic mass is 9.80. The molecule has 0 unspecified atom stereocenters. The molecule has 6 heteroatoms. The van der Waals surface area contributed by atoms with Crippen LogP contribution in [0.15, 0.2) is 29.2 Å². The Hall–Kier alpha value is -1.11. The fourth-order valence-electron chi connectivity index (χ4n) is 2.36. The van der Waals surface area contributed by atoms with Crippen LogP contribution in [0.3, 0.4) is 0 Å². The van der Waals surface area contributed by atoms with Crippen LogP contribution in [0.25, 0.3) is 0 Å². The summed E-state index contributed by atoms with van der Waals surface area (Å²) >= 11 is 0. The second-order valence-electron chi connectivity index (χ2n) is 5.54. The lowest BCUT2D eigenvalue weighted by Gasteiger charge is -2.39. The van der Waals surface area contributed by atoms with Crippen LogP contribution in [0.2, 0.25) is 0 Å². The average Bonchev–Trinajstić information content (AvgIpc) is 2.39. The Morgan fingerprint density at radius 3 is 2.16 bits per heavy atom. The molecule has 0 radical (unpaired) electrons. The summed E-state index contributed by atoms with van der Waals surface area (Å²) in [5.41, 5.74) is 7.06. The highest BCUT2D eigenvalue weighted by atomic mass is 32.2. The fraction of sp³-hybridized carbons (Fsp3) is 0.538. The topological polar surface area (TPSA) is 89.4 Å². The third-order valence-corrected chi connectivity index (χ3v) is 4.92. The minimum Gasteiger partial charge on any atom is -0.371 e. The predicted octanol–water partition coefficient (Wildman–Crippen LogP) is 0.899. The van der Waals surface area contributed by atoms with Crippen molar-refractivity contribution in [2.24, 2.45) is 16.3 Å². The van der Waals surface area contributed by atoms with Crippen molar-refractivity contribution in [2.45, 2.75) is 24.7 Å². The molecule has 19 heavy (non-hydrogen) atoms. The Morgan fingerprint density at radius 1 is 1.21 bits per heavy atom. The van der Waals surface area contributed by atoms with E-state index < -0.39 is 10.0 Å². The number of piperidine rings is 1. The van der Waals surface area contributed by atoms with Crippen molar-refractivity contribution in [3.05, 3.63) is 24.3 Å². The number of primary sulfonamides is 1. The Balaban J connectivity index is 2.09. The van der Waals surface area contributed by atoms with Crippen LogP contribution in [-0.2, 0) is 10.0 Å². The minimum atomic E-state index is -3.61. The zero-order valence-electron chi connectivity index (χ0n) is 11.2. The third kappa shape index (κ3) is 3.26. The van der Waals surface area contributed by atoms with Crippen molar-refractivity contribution in [1.29, 1.82) is 0 Å². The minimum absolute atomic E-state index is 0.153. The van der Waals surface area contributed by atoms with E-state index in [-0.39, 0.29) is 10.3 Å². The summed E-state index contributed by atoms with van der Waals surface area (Å²) in [4.78, 5) is 2.41. The van der Waals surface area contributed by atoms with E-state index in [1.807, 2.05) is 12.1 Å². The first-order chi connectivity index (χ1) is 8.84. The van der Waals surface area contributed by atoms with E-state index in [9.17, 15) is 8.42 Å². The molecule has 0 spiro atoms. The number of rotatable bonds is 3. The highest BCUT2D eigenvalue weighted by Crippen LogP contribution is 2.32. The van der Waals surface area contributed by atoms with Crippen LogP contribution in [0.5, 0.6) is 0 Å². The van der Waals surface area contributed by atoms with Crippen molar-refractivity contribution in [3.8, 4) is 0 Å². The largest absolute Gasteiger partial charge is 0.371 e. The maximum Gasteiger partial charge on any atom is 0.238 e. The van der Waals surface area contributed by atoms with E-state index in [0.717, 1.165) is 31.6 Å². The molecule has 106 valence electrons. The van der Waals surface area contributed by atoms with Gasteiger partial charge in [-0.25, -0.2) is 13.6 Å². The molecule has 0 bridgehead atoms. The first-order valence-electron chi connectivity index (χ1n) is 6.42. The summed E-state index contributed by atoms with van der Waals surface area (Å²) in [7, 11) is -3.61. The standard InChI is InChI=1S/C13H21N3O2S/c1-13(10-14)6-8-16(9-7-13)11-2-4-12(5-3-11)19(15,17)18/h2-5H,6-10,14H2,1H3,(H2,15,17,18). The van der Waals surface area contributed by atoms with Gasteiger partial charge in [0.05, 0.1) is 4.90 Å². The maximum atomic E-state index is 11.2. The Labute approximate surface area is 114 Å². The zero-order chi connectivity index (χ0) is 14.1. The van der Waals surface area contributed by atoms with Gasteiger partial charge in [0.15, 0.2) is 0 Å². The Bertz CT molecular complexity index is 532. The van der Waals surface area contributed by atoms with Crippen molar-refractivity contribution in [3.63, 3.8) is 0 Å². The van der Waals surface area contributed by atoms with Gasteiger partial charge in [0.2, 0.25) is 10.0 Å². The molecule has 1 saturated heterocycles. The van der Waals surface area contributed by atoms with Gasteiger partial charge in [0.1, 0.15) is 0 Å². The van der Waals surface area contributed by atoms with Gasteiger partial charge in [-0.1, -0.05) is 6.92 Å². The van der Waals surface area contributed by atoms with Crippen molar-refractivity contribution in [2.75, 3.05) is 24.5 Å². The van der Waals surface area contributed by atoms with Gasteiger partial charge in [-0.2, -0.15) is 0 Å². The van der Waals surface area contributed by atoms with Crippen LogP contribution in [-0.4, -0.2) is 28.1 Å². The molecule has 0 saturated carbocycles. The molecular formula is C13H21N3O2S. The summed E-state index contributed by atoms with van der Waals surface area (Å²) in [5.74, 6) is 0. The van der Waals surface area contributed by atoms with E-state index in [1.54, 1.807) is 12.1 Å². The molecule has 1 aliphatic heterocycles. The summed E-state index contributed by atoms with van der Waals surface area (Å²) in [6.07, 6.45) is 2.11. The normalized spacial score (nSPS) is 19.4. The van der Waals surface area contributed by atoms with E-state index in [1.165, 1.54) is 0 Å². The van der Waals surface area contributed by atoms with Gasteiger partial charge < -0.3 is 10.6 Å². The van der Waals surface area contributed by atoms with E-state index in [4.69, 9.17) is 10.9 Å². The van der Waals surface area contributed by atoms with Gasteiger partial charge in [-0.3, -0.25) is 0 Å². The molecule has 2 rings (SSSR count). The molecule has 5 nitrogen and oxygen atoms in total. The quantitative estimate of drug-likeness (QED) is 0.862. The van der Waals surface area contributed by atoms with Gasteiger partial charge >= 0.3 is 0 Å². The lowest BCUT2D eigenvalue weighted by molar-refractivity contribution is 0.258. The van der Waals surface area contributed by atoms with Crippen molar-refractivity contribution >= 4 is 15.7 Å². The lowest BCUT2D eigenvalue weighted by Crippen LogP contribution is -2.42. The van der Waals surface area contributed by atoms with E-state index >= 15 is 0 Å². The Kier molecular flexibility index (Phi) is 3.85. The average molecular weight is 283 g/mol. The molecule has 0 amide bonds. The summed E-state index contributed by atoms with van der Waals surface area (Å²) in [6, 6.07) is 6.73. The Morgan fingerprint density at radius 2 is 1.74 bits per heavy atom. The first-order valence-corrected chi connectivity index (χ1v) is 7.97. The summed E-state index contributed by atoms with van der Waals surface area (Å²) in [5, 5.41) is 5.08. The summed E-state index contributed by atoms with van der Waals surface area (Å²) in [6.45, 7) is 4.82. The number of nitrogens with two attached hydrogens (primary N) is 2. The van der Waals surface area contributed by atoms with Gasteiger partial charge in [0, 0.05) is 18.8 Å². The number of benzene rings is 1. The third-order valence-electron chi connectivity index (χ3n) is 3.99. The van der Waals surface area contributed by atoms with Crippen LogP contribution in [0.1, 0.15) is 19.8 Å². The molecule has 1 fully saturated rings. The number of nitrogens with zero attached hydrogens (tertiary/aromatic N) is 1. The smallest absolute Gasteiger partial charge is 0.238 e. The molecule has 1 aliphatic rings. The predicted molar refractivity (Wildman–Crippen MR) is 76.4 cm³/mol. The van der Waals surface area contributed by atoms with Crippen LogP contribution < -0.4 is 15.8 Å². The van der Waals surface area contributed by atoms with E-state index in [0.29, 0.717) is 6.54 Å². The van der Waals surface area contributed by atoms with Gasteiger partial charge in [-0.15, -0.1) is 0 Å². The van der Waals surface area contributed by atoms with Crippen LogP contribution >= 0.6 is 0 Å². The van der Waals surface area contributed by atoms with Crippen LogP contribution in [0.4, 0.5) is 5.69 Å². The van der Waals surface area contributed by atoms with Crippen molar-refractivity contribution < 1.29 is 8.42 Å². The molecule has 4 N–H and O–H groups in total. The molecular weight excluding hydrogens is 262 g/mol. The second-order valence-corrected chi connectivity index (χ2v) is 7.10. The van der Waals surface area contributed by atoms with Crippen LogP contribution in [0, 0.1) is 5.41 Å². The van der Waals surface area contributed by atoms with Crippen molar-refractivity contribution in [1.82, 2.24) is 0 Å². The SMILES string of the molecule is CC1(CN)CCN(c2ccc(S(N)(=O)=O)cc2)CC1. The van der Waals surface area contributed by atoms with E-state index in [2.05, 4.69) is 11.8 Å². The fourth-order valence-corrected chi connectivity index (χ4v) is 2.87. The molecule has 0 atom stereocenters. The zero-order valence-corrected chi connectivity index (χ0v) is 12.0. The molecule has 1 heterocycles. The molecule has 1 aromatic rings. The van der Waals surface area contributed by atoms with Gasteiger partial charge in [-0.05, 0) is 49.1 Å².